The molecule has 0 aromatic carbocycles. The highest BCUT2D eigenvalue weighted by atomic mass is 35.5. The highest BCUT2D eigenvalue weighted by molar-refractivity contribution is 5.85. The molecule has 3 heterocycles. The molecule has 0 saturated carbocycles. The summed E-state index contributed by atoms with van der Waals surface area (Å²) in [6.07, 6.45) is 7.16. The summed E-state index contributed by atoms with van der Waals surface area (Å²) >= 11 is 0. The zero-order chi connectivity index (χ0) is 15.9. The Morgan fingerprint density at radius 2 is 1.96 bits per heavy atom. The molecule has 25 heavy (non-hydrogen) atoms. The predicted molar refractivity (Wildman–Crippen MR) is 98.7 cm³/mol. The van der Waals surface area contributed by atoms with Crippen molar-refractivity contribution in [2.45, 2.75) is 32.2 Å². The Kier molecular flexibility index (Phi) is 9.41. The highest BCUT2D eigenvalue weighted by Gasteiger charge is 2.15. The van der Waals surface area contributed by atoms with Crippen LogP contribution in [0.2, 0.25) is 0 Å². The first-order valence-corrected chi connectivity index (χ1v) is 8.01. The minimum Gasteiger partial charge on any atom is -0.347 e. The smallest absolute Gasteiger partial charge is 0.246 e. The Morgan fingerprint density at radius 1 is 1.24 bits per heavy atom. The molecule has 0 unspecified atom stereocenters. The molecule has 1 fully saturated rings. The Bertz CT molecular complexity index is 632. The zero-order valence-electron chi connectivity index (χ0n) is 13.8. The lowest BCUT2D eigenvalue weighted by Gasteiger charge is -2.22. The number of rotatable bonds is 6. The molecule has 0 spiro atoms. The molecule has 138 valence electrons. The van der Waals surface area contributed by atoms with Gasteiger partial charge < -0.3 is 15.2 Å². The van der Waals surface area contributed by atoms with Gasteiger partial charge in [-0.05, 0) is 50.4 Å². The van der Waals surface area contributed by atoms with Crippen LogP contribution in [-0.2, 0) is 11.3 Å². The van der Waals surface area contributed by atoms with E-state index in [2.05, 4.69) is 25.8 Å². The third kappa shape index (κ3) is 6.61. The van der Waals surface area contributed by atoms with Crippen molar-refractivity contribution in [3.05, 3.63) is 30.4 Å². The van der Waals surface area contributed by atoms with E-state index in [1.165, 1.54) is 0 Å². The van der Waals surface area contributed by atoms with Gasteiger partial charge in [-0.25, -0.2) is 0 Å². The van der Waals surface area contributed by atoms with E-state index >= 15 is 0 Å². The highest BCUT2D eigenvalue weighted by Crippen LogP contribution is 2.17. The van der Waals surface area contributed by atoms with Gasteiger partial charge in [0.25, 0.3) is 0 Å². The maximum atomic E-state index is 11.9. The van der Waals surface area contributed by atoms with Crippen molar-refractivity contribution in [2.75, 3.05) is 13.1 Å². The molecular weight excluding hydrogens is 365 g/mol. The second-order valence-electron chi connectivity index (χ2n) is 5.76. The molecule has 7 nitrogen and oxygen atoms in total. The number of hydrogen-bond donors (Lipinski definition) is 2. The summed E-state index contributed by atoms with van der Waals surface area (Å²) in [5.41, 5.74) is 0.840. The van der Waals surface area contributed by atoms with Gasteiger partial charge in [0.15, 0.2) is 0 Å². The van der Waals surface area contributed by atoms with Crippen molar-refractivity contribution < 1.29 is 9.32 Å². The standard InChI is InChI=1S/C16H21N5O2.2ClH/c22-14(2-1-12-3-7-17-8-4-12)19-11-15-20-16(21-23-15)13-5-9-18-10-6-13;;/h5-6,9-10,12,17H,1-4,7-8,11H2,(H,19,22);2*1H. The molecule has 2 aromatic rings. The molecule has 0 aliphatic carbocycles. The van der Waals surface area contributed by atoms with Crippen molar-refractivity contribution in [1.29, 1.82) is 0 Å². The lowest BCUT2D eigenvalue weighted by Crippen LogP contribution is -2.29. The van der Waals surface area contributed by atoms with Crippen LogP contribution >= 0.6 is 24.8 Å². The van der Waals surface area contributed by atoms with Crippen molar-refractivity contribution >= 4 is 30.7 Å². The van der Waals surface area contributed by atoms with E-state index < -0.39 is 0 Å². The Labute approximate surface area is 159 Å². The number of halogens is 2. The van der Waals surface area contributed by atoms with Gasteiger partial charge in [-0.2, -0.15) is 4.98 Å². The fourth-order valence-corrected chi connectivity index (χ4v) is 2.71. The molecule has 2 aromatic heterocycles. The molecule has 0 bridgehead atoms. The Hall–Kier alpha value is -1.70. The van der Waals surface area contributed by atoms with E-state index in [0.717, 1.165) is 37.9 Å². The van der Waals surface area contributed by atoms with Gasteiger partial charge in [0, 0.05) is 24.4 Å². The minimum atomic E-state index is 0. The number of hydrogen-bond acceptors (Lipinski definition) is 6. The average molecular weight is 388 g/mol. The van der Waals surface area contributed by atoms with Crippen molar-refractivity contribution in [3.63, 3.8) is 0 Å². The average Bonchev–Trinajstić information content (AvgIpc) is 3.09. The van der Waals surface area contributed by atoms with E-state index in [1.807, 2.05) is 12.1 Å². The van der Waals surface area contributed by atoms with Crippen molar-refractivity contribution in [3.8, 4) is 11.4 Å². The maximum absolute atomic E-state index is 11.9. The fourth-order valence-electron chi connectivity index (χ4n) is 2.71. The molecular formula is C16H23Cl2N5O2. The monoisotopic (exact) mass is 387 g/mol. The van der Waals surface area contributed by atoms with Gasteiger partial charge in [0.05, 0.1) is 6.54 Å². The molecule has 1 saturated heterocycles. The summed E-state index contributed by atoms with van der Waals surface area (Å²) in [6.45, 7) is 2.39. The molecule has 1 aliphatic rings. The van der Waals surface area contributed by atoms with Crippen molar-refractivity contribution in [1.82, 2.24) is 25.8 Å². The van der Waals surface area contributed by atoms with Crippen LogP contribution in [-0.4, -0.2) is 34.1 Å². The quantitative estimate of drug-likeness (QED) is 0.789. The van der Waals surface area contributed by atoms with Crippen LogP contribution in [0.5, 0.6) is 0 Å². The topological polar surface area (TPSA) is 92.9 Å². The normalized spacial score (nSPS) is 14.2. The van der Waals surface area contributed by atoms with Crippen molar-refractivity contribution in [2.24, 2.45) is 5.92 Å². The summed E-state index contributed by atoms with van der Waals surface area (Å²) in [7, 11) is 0. The number of nitrogens with zero attached hydrogens (tertiary/aromatic N) is 3. The van der Waals surface area contributed by atoms with Crippen LogP contribution in [0.15, 0.2) is 29.0 Å². The molecule has 1 amide bonds. The van der Waals surface area contributed by atoms with Crippen LogP contribution in [0, 0.1) is 5.92 Å². The summed E-state index contributed by atoms with van der Waals surface area (Å²) in [6, 6.07) is 3.62. The van der Waals surface area contributed by atoms with Crippen LogP contribution < -0.4 is 10.6 Å². The van der Waals surface area contributed by atoms with Gasteiger partial charge >= 0.3 is 0 Å². The summed E-state index contributed by atoms with van der Waals surface area (Å²) in [5, 5.41) is 10.1. The summed E-state index contributed by atoms with van der Waals surface area (Å²) < 4.78 is 5.16. The van der Waals surface area contributed by atoms with Crippen LogP contribution in [0.4, 0.5) is 0 Å². The van der Waals surface area contributed by atoms with E-state index in [9.17, 15) is 4.79 Å². The lowest BCUT2D eigenvalue weighted by molar-refractivity contribution is -0.121. The second kappa shape index (κ2) is 11.0. The first-order chi connectivity index (χ1) is 11.3. The van der Waals surface area contributed by atoms with E-state index in [-0.39, 0.29) is 37.3 Å². The van der Waals surface area contributed by atoms with E-state index in [0.29, 0.717) is 24.1 Å². The molecule has 1 aliphatic heterocycles. The number of pyridine rings is 1. The summed E-state index contributed by atoms with van der Waals surface area (Å²) in [5.74, 6) is 1.61. The third-order valence-electron chi connectivity index (χ3n) is 4.08. The number of nitrogens with one attached hydrogen (secondary N) is 2. The van der Waals surface area contributed by atoms with Gasteiger partial charge in [-0.15, -0.1) is 24.8 Å². The lowest BCUT2D eigenvalue weighted by atomic mass is 9.93. The van der Waals surface area contributed by atoms with Gasteiger partial charge in [0.2, 0.25) is 17.6 Å². The number of carbonyl (C=O) groups is 1. The minimum absolute atomic E-state index is 0. The van der Waals surface area contributed by atoms with Crippen LogP contribution in [0.1, 0.15) is 31.6 Å². The molecule has 3 rings (SSSR count). The van der Waals surface area contributed by atoms with E-state index in [1.54, 1.807) is 12.4 Å². The molecule has 2 N–H and O–H groups in total. The van der Waals surface area contributed by atoms with Gasteiger partial charge in [-0.1, -0.05) is 5.16 Å². The first kappa shape index (κ1) is 21.3. The molecule has 0 atom stereocenters. The zero-order valence-corrected chi connectivity index (χ0v) is 15.4. The van der Waals surface area contributed by atoms with Gasteiger partial charge in [0.1, 0.15) is 0 Å². The number of carbonyl (C=O) groups excluding carboxylic acids is 1. The van der Waals surface area contributed by atoms with Crippen LogP contribution in [0.3, 0.4) is 0 Å². The van der Waals surface area contributed by atoms with Gasteiger partial charge in [-0.3, -0.25) is 9.78 Å². The Balaban J connectivity index is 0.00000156. The predicted octanol–water partition coefficient (Wildman–Crippen LogP) is 2.37. The first-order valence-electron chi connectivity index (χ1n) is 8.01. The summed E-state index contributed by atoms with van der Waals surface area (Å²) in [4.78, 5) is 20.1. The molecule has 9 heteroatoms. The molecule has 0 radical (unpaired) electrons. The number of piperidine rings is 1. The fraction of sp³-hybridized carbons (Fsp3) is 0.500. The van der Waals surface area contributed by atoms with Crippen LogP contribution in [0.25, 0.3) is 11.4 Å². The largest absolute Gasteiger partial charge is 0.347 e. The number of amides is 1. The number of aromatic nitrogens is 3. The third-order valence-corrected chi connectivity index (χ3v) is 4.08. The maximum Gasteiger partial charge on any atom is 0.246 e. The SMILES string of the molecule is Cl.Cl.O=C(CCC1CCNCC1)NCc1nc(-c2ccncc2)no1. The second-order valence-corrected chi connectivity index (χ2v) is 5.76. The Morgan fingerprint density at radius 3 is 2.68 bits per heavy atom. The van der Waals surface area contributed by atoms with E-state index in [4.69, 9.17) is 4.52 Å².